The standard InChI is InChI=1S/C19H18N2O3/c1-19(2)14-8-6-7-12(17(22)23-3)13(14)11-21(19)18-20-15-9-4-5-10-16(15)24-18/h4-10H,11H2,1-3H3. The Balaban J connectivity index is 1.83. The van der Waals surface area contributed by atoms with Crippen molar-refractivity contribution >= 4 is 23.1 Å². The minimum absolute atomic E-state index is 0.318. The highest BCUT2D eigenvalue weighted by molar-refractivity contribution is 5.92. The number of fused-ring (bicyclic) bond motifs is 2. The number of methoxy groups -OCH3 is 1. The van der Waals surface area contributed by atoms with Gasteiger partial charge in [-0.15, -0.1) is 0 Å². The highest BCUT2D eigenvalue weighted by atomic mass is 16.5. The van der Waals surface area contributed by atoms with E-state index in [0.717, 1.165) is 22.2 Å². The number of para-hydroxylation sites is 2. The summed E-state index contributed by atoms with van der Waals surface area (Å²) >= 11 is 0. The van der Waals surface area contributed by atoms with Gasteiger partial charge in [-0.2, -0.15) is 4.98 Å². The summed E-state index contributed by atoms with van der Waals surface area (Å²) < 4.78 is 10.9. The lowest BCUT2D eigenvalue weighted by Crippen LogP contribution is -2.35. The normalized spacial score (nSPS) is 15.5. The van der Waals surface area contributed by atoms with Gasteiger partial charge in [0.1, 0.15) is 5.52 Å². The Morgan fingerprint density at radius 2 is 2.00 bits per heavy atom. The molecule has 0 radical (unpaired) electrons. The van der Waals surface area contributed by atoms with Crippen LogP contribution in [-0.4, -0.2) is 18.1 Å². The number of aromatic nitrogens is 1. The molecule has 0 saturated heterocycles. The number of anilines is 1. The third kappa shape index (κ3) is 2.01. The SMILES string of the molecule is COC(=O)c1cccc2c1CN(c1nc3ccccc3o1)C2(C)C. The molecule has 0 bridgehead atoms. The number of ether oxygens (including phenoxy) is 1. The quantitative estimate of drug-likeness (QED) is 0.670. The van der Waals surface area contributed by atoms with Crippen molar-refractivity contribution in [2.75, 3.05) is 12.0 Å². The second-order valence-electron chi connectivity index (χ2n) is 6.43. The third-order valence-corrected chi connectivity index (χ3v) is 4.74. The first-order valence-corrected chi connectivity index (χ1v) is 7.86. The highest BCUT2D eigenvalue weighted by Crippen LogP contribution is 2.43. The number of rotatable bonds is 2. The van der Waals surface area contributed by atoms with E-state index in [-0.39, 0.29) is 11.5 Å². The Bertz CT molecular complexity index is 910. The van der Waals surface area contributed by atoms with Crippen LogP contribution in [0, 0.1) is 0 Å². The summed E-state index contributed by atoms with van der Waals surface area (Å²) in [6.45, 7) is 4.77. The van der Waals surface area contributed by atoms with Gasteiger partial charge in [0.25, 0.3) is 6.01 Å². The molecule has 1 aliphatic rings. The van der Waals surface area contributed by atoms with Crippen LogP contribution < -0.4 is 4.90 Å². The molecule has 0 unspecified atom stereocenters. The molecule has 1 aliphatic heterocycles. The van der Waals surface area contributed by atoms with Crippen LogP contribution in [0.25, 0.3) is 11.1 Å². The first kappa shape index (κ1) is 14.8. The molecule has 2 aromatic carbocycles. The molecular formula is C19H18N2O3. The van der Waals surface area contributed by atoms with Crippen LogP contribution in [0.4, 0.5) is 6.01 Å². The van der Waals surface area contributed by atoms with Crippen molar-refractivity contribution in [1.82, 2.24) is 4.98 Å². The molecule has 1 aromatic heterocycles. The Morgan fingerprint density at radius 3 is 2.75 bits per heavy atom. The molecule has 0 saturated carbocycles. The number of hydrogen-bond acceptors (Lipinski definition) is 5. The van der Waals surface area contributed by atoms with Gasteiger partial charge >= 0.3 is 5.97 Å². The number of benzene rings is 2. The number of carbonyl (C=O) groups is 1. The van der Waals surface area contributed by atoms with Crippen molar-refractivity contribution in [1.29, 1.82) is 0 Å². The van der Waals surface area contributed by atoms with E-state index in [0.29, 0.717) is 18.1 Å². The van der Waals surface area contributed by atoms with Gasteiger partial charge in [-0.3, -0.25) is 0 Å². The first-order chi connectivity index (χ1) is 11.5. The molecule has 3 aromatic rings. The second-order valence-corrected chi connectivity index (χ2v) is 6.43. The molecule has 0 amide bonds. The van der Waals surface area contributed by atoms with Crippen molar-refractivity contribution in [3.05, 3.63) is 59.2 Å². The van der Waals surface area contributed by atoms with Gasteiger partial charge in [0.2, 0.25) is 0 Å². The van der Waals surface area contributed by atoms with Gasteiger partial charge in [0.15, 0.2) is 5.58 Å². The van der Waals surface area contributed by atoms with Crippen LogP contribution in [0.3, 0.4) is 0 Å². The maximum absolute atomic E-state index is 12.1. The summed E-state index contributed by atoms with van der Waals surface area (Å²) in [7, 11) is 1.40. The largest absolute Gasteiger partial charge is 0.465 e. The molecule has 0 atom stereocenters. The molecule has 0 spiro atoms. The number of oxazole rings is 1. The van der Waals surface area contributed by atoms with E-state index in [4.69, 9.17) is 9.15 Å². The van der Waals surface area contributed by atoms with Gasteiger partial charge in [-0.1, -0.05) is 24.3 Å². The maximum Gasteiger partial charge on any atom is 0.338 e. The summed E-state index contributed by atoms with van der Waals surface area (Å²) in [5.74, 6) is -0.318. The third-order valence-electron chi connectivity index (χ3n) is 4.74. The van der Waals surface area contributed by atoms with E-state index < -0.39 is 0 Å². The lowest BCUT2D eigenvalue weighted by Gasteiger charge is -2.30. The minimum atomic E-state index is -0.333. The van der Waals surface area contributed by atoms with Crippen LogP contribution in [0.15, 0.2) is 46.9 Å². The molecule has 24 heavy (non-hydrogen) atoms. The fraction of sp³-hybridized carbons (Fsp3) is 0.263. The monoisotopic (exact) mass is 322 g/mol. The molecular weight excluding hydrogens is 304 g/mol. The molecule has 0 fully saturated rings. The Kier molecular flexibility index (Phi) is 3.13. The Labute approximate surface area is 139 Å². The number of carbonyl (C=O) groups excluding carboxylic acids is 1. The smallest absolute Gasteiger partial charge is 0.338 e. The zero-order chi connectivity index (χ0) is 16.9. The lowest BCUT2D eigenvalue weighted by molar-refractivity contribution is 0.0599. The zero-order valence-electron chi connectivity index (χ0n) is 13.9. The van der Waals surface area contributed by atoms with Crippen molar-refractivity contribution in [3.63, 3.8) is 0 Å². The van der Waals surface area contributed by atoms with E-state index >= 15 is 0 Å². The first-order valence-electron chi connectivity index (χ1n) is 7.86. The van der Waals surface area contributed by atoms with E-state index in [1.807, 2.05) is 36.4 Å². The second kappa shape index (κ2) is 5.09. The molecule has 122 valence electrons. The number of nitrogens with zero attached hydrogens (tertiary/aromatic N) is 2. The minimum Gasteiger partial charge on any atom is -0.465 e. The number of hydrogen-bond donors (Lipinski definition) is 0. The van der Waals surface area contributed by atoms with E-state index in [9.17, 15) is 4.79 Å². The van der Waals surface area contributed by atoms with E-state index in [1.165, 1.54) is 7.11 Å². The fourth-order valence-corrected chi connectivity index (χ4v) is 3.41. The van der Waals surface area contributed by atoms with E-state index in [1.54, 1.807) is 6.07 Å². The average molecular weight is 322 g/mol. The Hall–Kier alpha value is -2.82. The van der Waals surface area contributed by atoms with Crippen LogP contribution in [-0.2, 0) is 16.8 Å². The summed E-state index contributed by atoms with van der Waals surface area (Å²) in [5, 5.41) is 0. The average Bonchev–Trinajstić information content (AvgIpc) is 3.12. The van der Waals surface area contributed by atoms with Crippen molar-refractivity contribution in [2.24, 2.45) is 0 Å². The van der Waals surface area contributed by atoms with Crippen molar-refractivity contribution in [3.8, 4) is 0 Å². The van der Waals surface area contributed by atoms with Crippen LogP contribution >= 0.6 is 0 Å². The van der Waals surface area contributed by atoms with Gasteiger partial charge in [-0.25, -0.2) is 4.79 Å². The maximum atomic E-state index is 12.1. The number of esters is 1. The van der Waals surface area contributed by atoms with Crippen molar-refractivity contribution < 1.29 is 13.9 Å². The molecule has 2 heterocycles. The van der Waals surface area contributed by atoms with Crippen LogP contribution in [0.5, 0.6) is 0 Å². The summed E-state index contributed by atoms with van der Waals surface area (Å²) in [6, 6.07) is 14.0. The Morgan fingerprint density at radius 1 is 1.21 bits per heavy atom. The van der Waals surface area contributed by atoms with Gasteiger partial charge in [-0.05, 0) is 43.2 Å². The zero-order valence-corrected chi connectivity index (χ0v) is 13.9. The molecule has 0 aliphatic carbocycles. The van der Waals surface area contributed by atoms with Gasteiger partial charge in [0.05, 0.1) is 18.2 Å². The van der Waals surface area contributed by atoms with Crippen LogP contribution in [0.2, 0.25) is 0 Å². The van der Waals surface area contributed by atoms with Gasteiger partial charge < -0.3 is 14.1 Å². The van der Waals surface area contributed by atoms with E-state index in [2.05, 4.69) is 23.7 Å². The van der Waals surface area contributed by atoms with Crippen molar-refractivity contribution in [2.45, 2.75) is 25.9 Å². The predicted octanol–water partition coefficient (Wildman–Crippen LogP) is 3.87. The lowest BCUT2D eigenvalue weighted by atomic mass is 9.92. The fourth-order valence-electron chi connectivity index (χ4n) is 3.41. The molecule has 0 N–H and O–H groups in total. The molecule has 5 heteroatoms. The summed E-state index contributed by atoms with van der Waals surface area (Å²) in [4.78, 5) is 18.8. The topological polar surface area (TPSA) is 55.6 Å². The highest BCUT2D eigenvalue weighted by Gasteiger charge is 2.41. The predicted molar refractivity (Wildman–Crippen MR) is 91.0 cm³/mol. The summed E-state index contributed by atoms with van der Waals surface area (Å²) in [5.41, 5.74) is 3.91. The summed E-state index contributed by atoms with van der Waals surface area (Å²) in [6.07, 6.45) is 0. The van der Waals surface area contributed by atoms with Gasteiger partial charge in [0, 0.05) is 6.54 Å². The van der Waals surface area contributed by atoms with Crippen LogP contribution in [0.1, 0.15) is 35.3 Å². The molecule has 5 nitrogen and oxygen atoms in total. The molecule has 4 rings (SSSR count).